The van der Waals surface area contributed by atoms with Crippen LogP contribution in [-0.4, -0.2) is 32.1 Å². The minimum absolute atomic E-state index is 0.122. The second-order valence-electron chi connectivity index (χ2n) is 5.21. The lowest BCUT2D eigenvalue weighted by Gasteiger charge is -2.08. The first kappa shape index (κ1) is 13.5. The Hall–Kier alpha value is -1.46. The molecule has 3 atom stereocenters. The summed E-state index contributed by atoms with van der Waals surface area (Å²) in [5.41, 5.74) is 1.72. The van der Waals surface area contributed by atoms with E-state index in [4.69, 9.17) is 11.6 Å². The van der Waals surface area contributed by atoms with Gasteiger partial charge in [-0.15, -0.1) is 0 Å². The van der Waals surface area contributed by atoms with Gasteiger partial charge >= 0.3 is 0 Å². The summed E-state index contributed by atoms with van der Waals surface area (Å²) in [6.07, 6.45) is 4.18. The van der Waals surface area contributed by atoms with Gasteiger partial charge in [0.25, 0.3) is 0 Å². The summed E-state index contributed by atoms with van der Waals surface area (Å²) in [6, 6.07) is 3.70. The van der Waals surface area contributed by atoms with E-state index < -0.39 is 12.3 Å². The molecule has 1 aliphatic rings. The van der Waals surface area contributed by atoms with Gasteiger partial charge in [0.2, 0.25) is 0 Å². The molecule has 4 nitrogen and oxygen atoms in total. The molecule has 0 radical (unpaired) electrons. The number of aliphatic hydroxyl groups excluding tert-OH is 1. The number of rotatable bonds is 3. The summed E-state index contributed by atoms with van der Waals surface area (Å²) in [6.45, 7) is 0.607. The highest BCUT2D eigenvalue weighted by Gasteiger charge is 2.33. The number of nitrogens with zero attached hydrogens (tertiary/aromatic N) is 3. The predicted octanol–water partition coefficient (Wildman–Crippen LogP) is 2.71. The topological polar surface area (TPSA) is 50.9 Å². The molecule has 0 aromatic carbocycles. The Kier molecular flexibility index (Phi) is 3.72. The number of hydrogen-bond acceptors (Lipinski definition) is 3. The zero-order valence-corrected chi connectivity index (χ0v) is 11.5. The lowest BCUT2D eigenvalue weighted by atomic mass is 10.1. The first-order valence-corrected chi connectivity index (χ1v) is 6.97. The summed E-state index contributed by atoms with van der Waals surface area (Å²) in [5, 5.41) is 14.1. The predicted molar refractivity (Wildman–Crippen MR) is 74.1 cm³/mol. The minimum atomic E-state index is -1.11. The SMILES string of the molecule is O[C@@H]1CC(Cn2cc(-c3cccnc3Cl)cn2)C[C@H]1F. The maximum Gasteiger partial charge on any atom is 0.136 e. The van der Waals surface area contributed by atoms with Crippen LogP contribution in [0.4, 0.5) is 4.39 Å². The summed E-state index contributed by atoms with van der Waals surface area (Å²) < 4.78 is 15.1. The van der Waals surface area contributed by atoms with Gasteiger partial charge in [0.15, 0.2) is 0 Å². The number of alkyl halides is 1. The largest absolute Gasteiger partial charge is 0.390 e. The summed E-state index contributed by atoms with van der Waals surface area (Å²) in [7, 11) is 0. The highest BCUT2D eigenvalue weighted by molar-refractivity contribution is 6.32. The van der Waals surface area contributed by atoms with Crippen LogP contribution in [0.15, 0.2) is 30.7 Å². The highest BCUT2D eigenvalue weighted by atomic mass is 35.5. The van der Waals surface area contributed by atoms with E-state index >= 15 is 0 Å². The number of aliphatic hydroxyl groups is 1. The van der Waals surface area contributed by atoms with Crippen LogP contribution in [0.25, 0.3) is 11.1 Å². The van der Waals surface area contributed by atoms with Crippen molar-refractivity contribution in [3.63, 3.8) is 0 Å². The molecule has 0 spiro atoms. The second kappa shape index (κ2) is 5.50. The van der Waals surface area contributed by atoms with E-state index in [2.05, 4.69) is 10.1 Å². The van der Waals surface area contributed by atoms with E-state index in [0.717, 1.165) is 11.1 Å². The molecule has 0 saturated heterocycles. The molecule has 0 aliphatic heterocycles. The molecule has 3 rings (SSSR count). The van der Waals surface area contributed by atoms with Gasteiger partial charge in [0.05, 0.1) is 12.3 Å². The van der Waals surface area contributed by atoms with E-state index in [0.29, 0.717) is 24.5 Å². The Bertz CT molecular complexity index is 594. The van der Waals surface area contributed by atoms with Crippen molar-refractivity contribution >= 4 is 11.6 Å². The van der Waals surface area contributed by atoms with Crippen molar-refractivity contribution in [2.75, 3.05) is 0 Å². The van der Waals surface area contributed by atoms with Crippen LogP contribution >= 0.6 is 11.6 Å². The van der Waals surface area contributed by atoms with Crippen molar-refractivity contribution < 1.29 is 9.50 Å². The molecule has 1 fully saturated rings. The van der Waals surface area contributed by atoms with Crippen molar-refractivity contribution in [2.24, 2.45) is 5.92 Å². The average molecular weight is 296 g/mol. The summed E-state index contributed by atoms with van der Waals surface area (Å²) in [4.78, 5) is 4.03. The van der Waals surface area contributed by atoms with Crippen LogP contribution in [0.2, 0.25) is 5.15 Å². The van der Waals surface area contributed by atoms with Crippen molar-refractivity contribution in [3.8, 4) is 11.1 Å². The fourth-order valence-electron chi connectivity index (χ4n) is 2.68. The van der Waals surface area contributed by atoms with Gasteiger partial charge in [-0.05, 0) is 30.9 Å². The van der Waals surface area contributed by atoms with E-state index in [9.17, 15) is 9.50 Å². The van der Waals surface area contributed by atoms with Gasteiger partial charge < -0.3 is 5.11 Å². The molecule has 106 valence electrons. The average Bonchev–Trinajstić information content (AvgIpc) is 2.98. The molecular formula is C14H15ClFN3O. The summed E-state index contributed by atoms with van der Waals surface area (Å²) >= 11 is 6.05. The number of aromatic nitrogens is 3. The van der Waals surface area contributed by atoms with Crippen molar-refractivity contribution in [1.29, 1.82) is 0 Å². The van der Waals surface area contributed by atoms with Crippen molar-refractivity contribution in [3.05, 3.63) is 35.9 Å². The standard InChI is InChI=1S/C14H15ClFN3O/c15-14-11(2-1-3-17-14)10-6-18-19(8-10)7-9-4-12(16)13(20)5-9/h1-3,6,8-9,12-13,20H,4-5,7H2/t9?,12-,13-/m1/s1. The normalized spacial score (nSPS) is 26.1. The molecule has 6 heteroatoms. The molecule has 1 unspecified atom stereocenters. The first-order chi connectivity index (χ1) is 9.63. The first-order valence-electron chi connectivity index (χ1n) is 6.59. The van der Waals surface area contributed by atoms with E-state index in [1.807, 2.05) is 18.3 Å². The van der Waals surface area contributed by atoms with Gasteiger partial charge in [-0.3, -0.25) is 4.68 Å². The third-order valence-corrected chi connectivity index (χ3v) is 4.00. The van der Waals surface area contributed by atoms with Crippen LogP contribution in [-0.2, 0) is 6.54 Å². The van der Waals surface area contributed by atoms with Gasteiger partial charge in [-0.1, -0.05) is 11.6 Å². The monoisotopic (exact) mass is 295 g/mol. The quantitative estimate of drug-likeness (QED) is 0.886. The van der Waals surface area contributed by atoms with Crippen LogP contribution in [0, 0.1) is 5.92 Å². The molecule has 0 amide bonds. The zero-order valence-electron chi connectivity index (χ0n) is 10.8. The molecule has 0 bridgehead atoms. The summed E-state index contributed by atoms with van der Waals surface area (Å²) in [5.74, 6) is 0.122. The number of hydrogen-bond donors (Lipinski definition) is 1. The molecular weight excluding hydrogens is 281 g/mol. The molecule has 2 aromatic rings. The van der Waals surface area contributed by atoms with Crippen molar-refractivity contribution in [2.45, 2.75) is 31.7 Å². The Morgan fingerprint density at radius 3 is 3.00 bits per heavy atom. The van der Waals surface area contributed by atoms with Crippen LogP contribution in [0.5, 0.6) is 0 Å². The van der Waals surface area contributed by atoms with E-state index in [1.165, 1.54) is 0 Å². The minimum Gasteiger partial charge on any atom is -0.390 e. The highest BCUT2D eigenvalue weighted by Crippen LogP contribution is 2.30. The second-order valence-corrected chi connectivity index (χ2v) is 5.57. The molecule has 2 aromatic heterocycles. The molecule has 1 saturated carbocycles. The van der Waals surface area contributed by atoms with Gasteiger partial charge in [0, 0.05) is 30.1 Å². The third-order valence-electron chi connectivity index (χ3n) is 3.70. The zero-order chi connectivity index (χ0) is 14.1. The smallest absolute Gasteiger partial charge is 0.136 e. The maximum absolute atomic E-state index is 13.3. The third kappa shape index (κ3) is 2.69. The fraction of sp³-hybridized carbons (Fsp3) is 0.429. The Balaban J connectivity index is 1.73. The number of pyridine rings is 1. The van der Waals surface area contributed by atoms with Gasteiger partial charge in [-0.25, -0.2) is 9.37 Å². The lowest BCUT2D eigenvalue weighted by molar-refractivity contribution is 0.102. The lowest BCUT2D eigenvalue weighted by Crippen LogP contribution is -2.12. The molecule has 1 N–H and O–H groups in total. The Morgan fingerprint density at radius 2 is 2.30 bits per heavy atom. The molecule has 1 aliphatic carbocycles. The van der Waals surface area contributed by atoms with Crippen LogP contribution in [0.1, 0.15) is 12.8 Å². The van der Waals surface area contributed by atoms with E-state index in [-0.39, 0.29) is 5.92 Å². The fourth-order valence-corrected chi connectivity index (χ4v) is 2.91. The van der Waals surface area contributed by atoms with Crippen LogP contribution < -0.4 is 0 Å². The van der Waals surface area contributed by atoms with Gasteiger partial charge in [0.1, 0.15) is 11.3 Å². The van der Waals surface area contributed by atoms with Gasteiger partial charge in [-0.2, -0.15) is 5.10 Å². The maximum atomic E-state index is 13.3. The number of halogens is 2. The molecule has 20 heavy (non-hydrogen) atoms. The Labute approximate surface area is 121 Å². The Morgan fingerprint density at radius 1 is 1.45 bits per heavy atom. The van der Waals surface area contributed by atoms with Crippen LogP contribution in [0.3, 0.4) is 0 Å². The molecule has 2 heterocycles. The van der Waals surface area contributed by atoms with E-state index in [1.54, 1.807) is 17.1 Å². The van der Waals surface area contributed by atoms with Crippen molar-refractivity contribution in [1.82, 2.24) is 14.8 Å².